The van der Waals surface area contributed by atoms with E-state index < -0.39 is 0 Å². The number of nitrogens with one attached hydrogen (secondary N) is 1. The van der Waals surface area contributed by atoms with Crippen LogP contribution in [0.3, 0.4) is 0 Å². The van der Waals surface area contributed by atoms with E-state index in [2.05, 4.69) is 21.3 Å². The third-order valence-electron chi connectivity index (χ3n) is 3.11. The van der Waals surface area contributed by atoms with Gasteiger partial charge in [0.05, 0.1) is 5.69 Å². The summed E-state index contributed by atoms with van der Waals surface area (Å²) in [5.74, 6) is 0. The van der Waals surface area contributed by atoms with Crippen molar-refractivity contribution in [2.24, 2.45) is 0 Å². The molecule has 1 saturated heterocycles. The van der Waals surface area contributed by atoms with Crippen LogP contribution in [0.15, 0.2) is 18.3 Å². The second kappa shape index (κ2) is 6.21. The van der Waals surface area contributed by atoms with Crippen LogP contribution < -0.4 is 5.32 Å². The molecule has 0 radical (unpaired) electrons. The zero-order valence-electron chi connectivity index (χ0n) is 10.0. The number of rotatable bonds is 4. The number of pyridine rings is 1. The van der Waals surface area contributed by atoms with Crippen molar-refractivity contribution in [2.75, 3.05) is 31.5 Å². The molecule has 0 aliphatic carbocycles. The highest BCUT2D eigenvalue weighted by Crippen LogP contribution is 2.11. The van der Waals surface area contributed by atoms with Gasteiger partial charge in [-0.2, -0.15) is 5.26 Å². The minimum absolute atomic E-state index is 0.478. The van der Waals surface area contributed by atoms with Crippen molar-refractivity contribution < 1.29 is 0 Å². The van der Waals surface area contributed by atoms with Gasteiger partial charge in [0.2, 0.25) is 0 Å². The van der Waals surface area contributed by atoms with Crippen molar-refractivity contribution in [3.8, 4) is 6.07 Å². The lowest BCUT2D eigenvalue weighted by atomic mass is 10.1. The first kappa shape index (κ1) is 11.9. The Balaban J connectivity index is 1.79. The number of hydrogen-bond donors (Lipinski definition) is 1. The maximum atomic E-state index is 8.90. The third kappa shape index (κ3) is 3.43. The van der Waals surface area contributed by atoms with Gasteiger partial charge in [-0.1, -0.05) is 6.42 Å². The number of nitriles is 1. The molecule has 1 aliphatic rings. The molecule has 1 aromatic rings. The summed E-state index contributed by atoms with van der Waals surface area (Å²) < 4.78 is 0. The van der Waals surface area contributed by atoms with Crippen molar-refractivity contribution in [1.29, 1.82) is 5.26 Å². The zero-order chi connectivity index (χ0) is 11.9. The lowest BCUT2D eigenvalue weighted by molar-refractivity contribution is 0.237. The SMILES string of the molecule is N#Cc1ncccc1NCCN1CCCCC1. The van der Waals surface area contributed by atoms with E-state index in [-0.39, 0.29) is 0 Å². The summed E-state index contributed by atoms with van der Waals surface area (Å²) in [5.41, 5.74) is 1.32. The fraction of sp³-hybridized carbons (Fsp3) is 0.538. The van der Waals surface area contributed by atoms with Gasteiger partial charge in [0.15, 0.2) is 5.69 Å². The summed E-state index contributed by atoms with van der Waals surface area (Å²) in [4.78, 5) is 6.50. The molecule has 1 aromatic heterocycles. The van der Waals surface area contributed by atoms with E-state index in [0.29, 0.717) is 5.69 Å². The molecule has 0 saturated carbocycles. The fourth-order valence-corrected chi connectivity index (χ4v) is 2.17. The molecule has 2 heterocycles. The van der Waals surface area contributed by atoms with E-state index in [1.54, 1.807) is 6.20 Å². The van der Waals surface area contributed by atoms with Crippen molar-refractivity contribution in [3.63, 3.8) is 0 Å². The predicted molar refractivity (Wildman–Crippen MR) is 67.7 cm³/mol. The van der Waals surface area contributed by atoms with E-state index in [0.717, 1.165) is 18.8 Å². The molecule has 17 heavy (non-hydrogen) atoms. The van der Waals surface area contributed by atoms with E-state index in [1.165, 1.54) is 32.4 Å². The monoisotopic (exact) mass is 230 g/mol. The second-order valence-corrected chi connectivity index (χ2v) is 4.34. The topological polar surface area (TPSA) is 52.0 Å². The molecule has 1 fully saturated rings. The molecular formula is C13H18N4. The molecule has 1 N–H and O–H groups in total. The van der Waals surface area contributed by atoms with Gasteiger partial charge in [0.25, 0.3) is 0 Å². The molecule has 0 bridgehead atoms. The molecule has 0 unspecified atom stereocenters. The summed E-state index contributed by atoms with van der Waals surface area (Å²) in [6.45, 7) is 4.33. The first-order valence-electron chi connectivity index (χ1n) is 6.21. The summed E-state index contributed by atoms with van der Waals surface area (Å²) in [5, 5.41) is 12.2. The molecule has 4 heteroatoms. The van der Waals surface area contributed by atoms with Crippen LogP contribution >= 0.6 is 0 Å². The highest BCUT2D eigenvalue weighted by atomic mass is 15.1. The maximum Gasteiger partial charge on any atom is 0.163 e. The van der Waals surface area contributed by atoms with Gasteiger partial charge in [-0.15, -0.1) is 0 Å². The van der Waals surface area contributed by atoms with Crippen LogP contribution in [0.2, 0.25) is 0 Å². The van der Waals surface area contributed by atoms with Gasteiger partial charge in [-0.05, 0) is 38.1 Å². The first-order chi connectivity index (χ1) is 8.40. The van der Waals surface area contributed by atoms with Crippen LogP contribution in [-0.2, 0) is 0 Å². The molecule has 0 amide bonds. The maximum absolute atomic E-state index is 8.90. The minimum atomic E-state index is 0.478. The predicted octanol–water partition coefficient (Wildman–Crippen LogP) is 1.85. The van der Waals surface area contributed by atoms with Crippen LogP contribution in [0, 0.1) is 11.3 Å². The van der Waals surface area contributed by atoms with Crippen molar-refractivity contribution >= 4 is 5.69 Å². The Bertz CT molecular complexity index is 391. The van der Waals surface area contributed by atoms with E-state index in [4.69, 9.17) is 5.26 Å². The van der Waals surface area contributed by atoms with Crippen LogP contribution in [0.4, 0.5) is 5.69 Å². The highest BCUT2D eigenvalue weighted by Gasteiger charge is 2.09. The smallest absolute Gasteiger partial charge is 0.163 e. The van der Waals surface area contributed by atoms with E-state index in [9.17, 15) is 0 Å². The Morgan fingerprint density at radius 3 is 2.94 bits per heavy atom. The molecule has 1 aliphatic heterocycles. The Morgan fingerprint density at radius 2 is 2.18 bits per heavy atom. The summed E-state index contributed by atoms with van der Waals surface area (Å²) in [6, 6.07) is 5.85. The van der Waals surface area contributed by atoms with Gasteiger partial charge >= 0.3 is 0 Å². The van der Waals surface area contributed by atoms with Gasteiger partial charge in [0.1, 0.15) is 6.07 Å². The molecule has 90 valence electrons. The lowest BCUT2D eigenvalue weighted by Crippen LogP contribution is -2.33. The number of nitrogens with zero attached hydrogens (tertiary/aromatic N) is 3. The van der Waals surface area contributed by atoms with Crippen molar-refractivity contribution in [3.05, 3.63) is 24.0 Å². The highest BCUT2D eigenvalue weighted by molar-refractivity contribution is 5.53. The second-order valence-electron chi connectivity index (χ2n) is 4.34. The molecule has 0 spiro atoms. The number of hydrogen-bond acceptors (Lipinski definition) is 4. The molecule has 0 atom stereocenters. The van der Waals surface area contributed by atoms with Gasteiger partial charge in [-0.3, -0.25) is 0 Å². The van der Waals surface area contributed by atoms with Crippen LogP contribution in [0.5, 0.6) is 0 Å². The standard InChI is InChI=1S/C13H18N4/c14-11-13-12(5-4-6-15-13)16-7-10-17-8-2-1-3-9-17/h4-6,16H,1-3,7-10H2. The zero-order valence-corrected chi connectivity index (χ0v) is 10.0. The largest absolute Gasteiger partial charge is 0.381 e. The summed E-state index contributed by atoms with van der Waals surface area (Å²) in [6.07, 6.45) is 5.64. The normalized spacial score (nSPS) is 16.4. The molecule has 0 aromatic carbocycles. The van der Waals surface area contributed by atoms with Gasteiger partial charge in [0, 0.05) is 19.3 Å². The lowest BCUT2D eigenvalue weighted by Gasteiger charge is -2.26. The molecule has 2 rings (SSSR count). The summed E-state index contributed by atoms with van der Waals surface area (Å²) >= 11 is 0. The number of aromatic nitrogens is 1. The van der Waals surface area contributed by atoms with Crippen molar-refractivity contribution in [1.82, 2.24) is 9.88 Å². The van der Waals surface area contributed by atoms with Crippen molar-refractivity contribution in [2.45, 2.75) is 19.3 Å². The number of piperidine rings is 1. The van der Waals surface area contributed by atoms with Gasteiger partial charge < -0.3 is 10.2 Å². The average Bonchev–Trinajstić information content (AvgIpc) is 2.40. The van der Waals surface area contributed by atoms with Gasteiger partial charge in [-0.25, -0.2) is 4.98 Å². The summed E-state index contributed by atoms with van der Waals surface area (Å²) in [7, 11) is 0. The first-order valence-corrected chi connectivity index (χ1v) is 6.21. The fourth-order valence-electron chi connectivity index (χ4n) is 2.17. The van der Waals surface area contributed by atoms with E-state index >= 15 is 0 Å². The Kier molecular flexibility index (Phi) is 4.34. The third-order valence-corrected chi connectivity index (χ3v) is 3.11. The van der Waals surface area contributed by atoms with Crippen LogP contribution in [-0.4, -0.2) is 36.1 Å². The number of anilines is 1. The number of likely N-dealkylation sites (tertiary alicyclic amines) is 1. The minimum Gasteiger partial charge on any atom is -0.381 e. The Morgan fingerprint density at radius 1 is 1.35 bits per heavy atom. The Hall–Kier alpha value is -1.60. The molecular weight excluding hydrogens is 212 g/mol. The van der Waals surface area contributed by atoms with E-state index in [1.807, 2.05) is 12.1 Å². The Labute approximate surface area is 102 Å². The quantitative estimate of drug-likeness (QED) is 0.857. The average molecular weight is 230 g/mol. The van der Waals surface area contributed by atoms with Crippen LogP contribution in [0.1, 0.15) is 25.0 Å². The molecule has 4 nitrogen and oxygen atoms in total. The van der Waals surface area contributed by atoms with Crippen LogP contribution in [0.25, 0.3) is 0 Å².